The third-order valence-corrected chi connectivity index (χ3v) is 11.8. The number of nitrogens with two attached hydrogens (primary N) is 1. The molecular formula is C47H87NO2. The third-order valence-electron chi connectivity index (χ3n) is 11.8. The van der Waals surface area contributed by atoms with Crippen LogP contribution in [-0.2, 0) is 16.0 Å². The molecule has 1 unspecified atom stereocenters. The second kappa shape index (κ2) is 32.3. The zero-order valence-corrected chi connectivity index (χ0v) is 34.3. The summed E-state index contributed by atoms with van der Waals surface area (Å²) in [5.74, 6) is -0.0464. The van der Waals surface area contributed by atoms with Gasteiger partial charge in [-0.15, -0.1) is 0 Å². The highest BCUT2D eigenvalue weighted by molar-refractivity contribution is 5.79. The van der Waals surface area contributed by atoms with Crippen LogP contribution in [0.2, 0.25) is 0 Å². The maximum atomic E-state index is 14.2. The number of carbonyl (C=O) groups excluding carboxylic acids is 1. The van der Waals surface area contributed by atoms with Crippen molar-refractivity contribution in [2.45, 2.75) is 245 Å². The first-order valence-electron chi connectivity index (χ1n) is 22.4. The molecule has 0 saturated carbocycles. The molecule has 1 aromatic carbocycles. The van der Waals surface area contributed by atoms with E-state index in [0.717, 1.165) is 44.9 Å². The van der Waals surface area contributed by atoms with E-state index in [2.05, 4.69) is 51.1 Å². The first-order valence-corrected chi connectivity index (χ1v) is 22.4. The average Bonchev–Trinajstić information content (AvgIpc) is 3.13. The Morgan fingerprint density at radius 3 is 1.10 bits per heavy atom. The first kappa shape index (κ1) is 46.7. The fourth-order valence-corrected chi connectivity index (χ4v) is 8.44. The summed E-state index contributed by atoms with van der Waals surface area (Å²) in [5.41, 5.74) is 7.73. The molecule has 3 nitrogen and oxygen atoms in total. The second-order valence-corrected chi connectivity index (χ2v) is 16.2. The lowest BCUT2D eigenvalue weighted by molar-refractivity contribution is -0.160. The Bertz CT molecular complexity index is 845. The Hall–Kier alpha value is -1.35. The number of benzene rings is 1. The van der Waals surface area contributed by atoms with Gasteiger partial charge in [0, 0.05) is 5.54 Å². The maximum absolute atomic E-state index is 14.2. The normalized spacial score (nSPS) is 13.1. The summed E-state index contributed by atoms with van der Waals surface area (Å²) in [7, 11) is 1.61. The fraction of sp³-hybridized carbons (Fsp3) is 0.851. The third kappa shape index (κ3) is 21.2. The van der Waals surface area contributed by atoms with E-state index in [1.807, 2.05) is 0 Å². The van der Waals surface area contributed by atoms with Crippen LogP contribution < -0.4 is 5.73 Å². The molecule has 1 aromatic rings. The predicted octanol–water partition coefficient (Wildman–Crippen LogP) is 15.0. The van der Waals surface area contributed by atoms with E-state index >= 15 is 0 Å². The van der Waals surface area contributed by atoms with E-state index < -0.39 is 11.0 Å². The Labute approximate surface area is 313 Å². The molecular weight excluding hydrogens is 611 g/mol. The number of carbonyl (C=O) groups is 1. The van der Waals surface area contributed by atoms with Gasteiger partial charge in [-0.1, -0.05) is 244 Å². The molecule has 0 aromatic heterocycles. The van der Waals surface area contributed by atoms with Crippen LogP contribution in [0.3, 0.4) is 0 Å². The number of rotatable bonds is 37. The molecule has 0 radical (unpaired) electrons. The van der Waals surface area contributed by atoms with Gasteiger partial charge in [-0.3, -0.25) is 4.79 Å². The van der Waals surface area contributed by atoms with E-state index in [1.165, 1.54) is 179 Å². The summed E-state index contributed by atoms with van der Waals surface area (Å²) in [6, 6.07) is 10.8. The van der Waals surface area contributed by atoms with Gasteiger partial charge in [-0.05, 0) is 31.2 Å². The Kier molecular flexibility index (Phi) is 30.2. The van der Waals surface area contributed by atoms with E-state index in [1.54, 1.807) is 7.11 Å². The summed E-state index contributed by atoms with van der Waals surface area (Å²) in [6.07, 6.45) is 42.4. The van der Waals surface area contributed by atoms with Crippen molar-refractivity contribution in [2.75, 3.05) is 7.11 Å². The van der Waals surface area contributed by atoms with Crippen molar-refractivity contribution in [3.63, 3.8) is 0 Å². The molecule has 50 heavy (non-hydrogen) atoms. The zero-order chi connectivity index (χ0) is 36.4. The van der Waals surface area contributed by atoms with Crippen molar-refractivity contribution in [1.29, 1.82) is 0 Å². The van der Waals surface area contributed by atoms with Crippen LogP contribution in [0.25, 0.3) is 0 Å². The van der Waals surface area contributed by atoms with Gasteiger partial charge in [-0.25, -0.2) is 0 Å². The zero-order valence-electron chi connectivity index (χ0n) is 34.3. The second-order valence-electron chi connectivity index (χ2n) is 16.2. The van der Waals surface area contributed by atoms with Crippen LogP contribution in [0.5, 0.6) is 0 Å². The smallest absolute Gasteiger partial charge is 0.313 e. The van der Waals surface area contributed by atoms with Crippen LogP contribution in [-0.4, -0.2) is 18.6 Å². The Balaban J connectivity index is 2.99. The summed E-state index contributed by atoms with van der Waals surface area (Å²) >= 11 is 0. The van der Waals surface area contributed by atoms with Crippen LogP contribution in [0.1, 0.15) is 238 Å². The quantitative estimate of drug-likeness (QED) is 0.0556. The minimum absolute atomic E-state index is 0.0464. The number of esters is 1. The molecule has 1 atom stereocenters. The molecule has 0 spiro atoms. The number of hydrogen-bond donors (Lipinski definition) is 1. The topological polar surface area (TPSA) is 52.3 Å². The summed E-state index contributed by atoms with van der Waals surface area (Å²) in [4.78, 5) is 14.2. The number of hydrogen-bond acceptors (Lipinski definition) is 3. The highest BCUT2D eigenvalue weighted by Crippen LogP contribution is 2.46. The number of methoxy groups -OCH3 is 1. The minimum Gasteiger partial charge on any atom is -0.469 e. The van der Waals surface area contributed by atoms with Crippen LogP contribution in [0, 0.1) is 5.41 Å². The number of unbranched alkanes of at least 4 members (excludes halogenated alkanes) is 27. The van der Waals surface area contributed by atoms with E-state index in [9.17, 15) is 4.79 Å². The molecule has 1 rings (SSSR count). The van der Waals surface area contributed by atoms with Crippen molar-refractivity contribution < 1.29 is 9.53 Å². The highest BCUT2D eigenvalue weighted by Gasteiger charge is 2.53. The lowest BCUT2D eigenvalue weighted by atomic mass is 9.60. The molecule has 0 amide bonds. The molecule has 0 bridgehead atoms. The van der Waals surface area contributed by atoms with Gasteiger partial charge < -0.3 is 10.5 Å². The molecule has 0 aliphatic carbocycles. The Morgan fingerprint density at radius 1 is 0.480 bits per heavy atom. The molecule has 292 valence electrons. The lowest BCUT2D eigenvalue weighted by Gasteiger charge is -2.47. The van der Waals surface area contributed by atoms with Crippen molar-refractivity contribution in [3.8, 4) is 0 Å². The standard InChI is InChI=1S/C47H87NO2/c1-5-8-11-14-17-20-23-26-29-35-40-46(45(49)50-4,41-36-30-27-24-21-18-15-12-9-6-2)47(48,43-44-38-33-32-34-39-44)42-37-31-28-25-22-19-16-13-10-7-3/h32-34,38-39H,5-31,35-37,40-43,48H2,1-4H3. The predicted molar refractivity (Wildman–Crippen MR) is 221 cm³/mol. The summed E-state index contributed by atoms with van der Waals surface area (Å²) < 4.78 is 5.77. The molecule has 0 aliphatic rings. The molecule has 0 saturated heterocycles. The van der Waals surface area contributed by atoms with E-state index in [-0.39, 0.29) is 5.97 Å². The average molecular weight is 698 g/mol. The Morgan fingerprint density at radius 2 is 0.780 bits per heavy atom. The number of ether oxygens (including phenoxy) is 1. The molecule has 0 fully saturated rings. The largest absolute Gasteiger partial charge is 0.469 e. The van der Waals surface area contributed by atoms with Crippen molar-refractivity contribution in [3.05, 3.63) is 35.9 Å². The van der Waals surface area contributed by atoms with Crippen LogP contribution >= 0.6 is 0 Å². The van der Waals surface area contributed by atoms with Gasteiger partial charge in [0.25, 0.3) is 0 Å². The lowest BCUT2D eigenvalue weighted by Crippen LogP contribution is -2.61. The van der Waals surface area contributed by atoms with Crippen molar-refractivity contribution in [1.82, 2.24) is 0 Å². The first-order chi connectivity index (χ1) is 24.5. The molecule has 3 heteroatoms. The van der Waals surface area contributed by atoms with Crippen molar-refractivity contribution in [2.24, 2.45) is 11.1 Å². The molecule has 0 heterocycles. The highest BCUT2D eigenvalue weighted by atomic mass is 16.5. The summed E-state index contributed by atoms with van der Waals surface area (Å²) in [5, 5.41) is 0. The minimum atomic E-state index is -0.642. The van der Waals surface area contributed by atoms with E-state index in [0.29, 0.717) is 0 Å². The van der Waals surface area contributed by atoms with Gasteiger partial charge in [0.15, 0.2) is 0 Å². The summed E-state index contributed by atoms with van der Waals surface area (Å²) in [6.45, 7) is 6.87. The fourth-order valence-electron chi connectivity index (χ4n) is 8.44. The van der Waals surface area contributed by atoms with E-state index in [4.69, 9.17) is 10.5 Å². The molecule has 2 N–H and O–H groups in total. The SMILES string of the molecule is CCCCCCCCCCCCC(N)(Cc1ccccc1)C(CCCCCCCCCCCC)(CCCCCCCCCCCC)C(=O)OC. The molecule has 0 aliphatic heterocycles. The van der Waals surface area contributed by atoms with Gasteiger partial charge in [0.1, 0.15) is 0 Å². The van der Waals surface area contributed by atoms with Gasteiger partial charge in [-0.2, -0.15) is 0 Å². The van der Waals surface area contributed by atoms with Gasteiger partial charge >= 0.3 is 5.97 Å². The monoisotopic (exact) mass is 698 g/mol. The van der Waals surface area contributed by atoms with Gasteiger partial charge in [0.05, 0.1) is 12.5 Å². The van der Waals surface area contributed by atoms with Crippen molar-refractivity contribution >= 4 is 5.97 Å². The van der Waals surface area contributed by atoms with Gasteiger partial charge in [0.2, 0.25) is 0 Å². The van der Waals surface area contributed by atoms with Crippen LogP contribution in [0.15, 0.2) is 30.3 Å². The maximum Gasteiger partial charge on any atom is 0.313 e. The van der Waals surface area contributed by atoms with Crippen LogP contribution in [0.4, 0.5) is 0 Å².